The summed E-state index contributed by atoms with van der Waals surface area (Å²) in [5.41, 5.74) is 6.56. The second kappa shape index (κ2) is 8.22. The Bertz CT molecular complexity index is 1090. The Hall–Kier alpha value is -2.91. The fourth-order valence-corrected chi connectivity index (χ4v) is 4.39. The van der Waals surface area contributed by atoms with Crippen LogP contribution in [0.3, 0.4) is 0 Å². The summed E-state index contributed by atoms with van der Waals surface area (Å²) in [6.45, 7) is 8.03. The number of amides is 1. The van der Waals surface area contributed by atoms with Gasteiger partial charge in [-0.2, -0.15) is 0 Å². The maximum absolute atomic E-state index is 13.3. The maximum atomic E-state index is 13.3. The van der Waals surface area contributed by atoms with Gasteiger partial charge in [0.05, 0.1) is 6.04 Å². The summed E-state index contributed by atoms with van der Waals surface area (Å²) >= 11 is 0. The lowest BCUT2D eigenvalue weighted by molar-refractivity contribution is 0.0939. The second-order valence-electron chi connectivity index (χ2n) is 7.88. The Morgan fingerprint density at radius 1 is 1.03 bits per heavy atom. The minimum absolute atomic E-state index is 0.00295. The lowest BCUT2D eigenvalue weighted by Crippen LogP contribution is -2.28. The van der Waals surface area contributed by atoms with Crippen LogP contribution >= 0.6 is 0 Å². The minimum atomic E-state index is -0.0749. The van der Waals surface area contributed by atoms with E-state index in [0.29, 0.717) is 0 Å². The molecule has 3 nitrogen and oxygen atoms in total. The van der Waals surface area contributed by atoms with Gasteiger partial charge in [-0.25, -0.2) is 0 Å². The molecule has 29 heavy (non-hydrogen) atoms. The molecule has 0 radical (unpaired) electrons. The quantitative estimate of drug-likeness (QED) is 0.639. The smallest absolute Gasteiger partial charge is 0.252 e. The molecular weight excluding hydrogens is 356 g/mol. The average Bonchev–Trinajstić information content (AvgIpc) is 2.74. The summed E-state index contributed by atoms with van der Waals surface area (Å²) in [5, 5.41) is 8.98. The van der Waals surface area contributed by atoms with E-state index >= 15 is 0 Å². The largest absolute Gasteiger partial charge is 0.345 e. The highest BCUT2D eigenvalue weighted by atomic mass is 16.1. The number of fused-ring (bicyclic) bond motifs is 1. The second-order valence-corrected chi connectivity index (χ2v) is 7.88. The number of carbonyl (C=O) groups is 1. The van der Waals surface area contributed by atoms with Crippen LogP contribution in [0.2, 0.25) is 0 Å². The van der Waals surface area contributed by atoms with E-state index < -0.39 is 0 Å². The van der Waals surface area contributed by atoms with Crippen LogP contribution in [0, 0.1) is 13.8 Å². The van der Waals surface area contributed by atoms with Gasteiger partial charge in [0.15, 0.2) is 0 Å². The van der Waals surface area contributed by atoms with Crippen LogP contribution in [-0.4, -0.2) is 19.0 Å². The Morgan fingerprint density at radius 3 is 2.62 bits per heavy atom. The number of hydrogen-bond donors (Lipinski definition) is 2. The third-order valence-corrected chi connectivity index (χ3v) is 5.95. The zero-order chi connectivity index (χ0) is 20.4. The highest BCUT2D eigenvalue weighted by molar-refractivity contribution is 5.99. The van der Waals surface area contributed by atoms with E-state index in [4.69, 9.17) is 0 Å². The number of benzene rings is 3. The van der Waals surface area contributed by atoms with E-state index in [0.717, 1.165) is 41.8 Å². The maximum Gasteiger partial charge on any atom is 0.252 e. The van der Waals surface area contributed by atoms with Crippen molar-refractivity contribution >= 4 is 22.3 Å². The molecule has 0 aromatic heterocycles. The lowest BCUT2D eigenvalue weighted by Gasteiger charge is -2.21. The predicted molar refractivity (Wildman–Crippen MR) is 121 cm³/mol. The highest BCUT2D eigenvalue weighted by Crippen LogP contribution is 2.29. The zero-order valence-corrected chi connectivity index (χ0v) is 17.4. The molecule has 3 aromatic rings. The van der Waals surface area contributed by atoms with Crippen LogP contribution in [0.25, 0.3) is 16.3 Å². The normalized spacial score (nSPS) is 15.1. The van der Waals surface area contributed by atoms with Crippen molar-refractivity contribution in [3.63, 3.8) is 0 Å². The third kappa shape index (κ3) is 3.83. The number of carbonyl (C=O) groups excluding carboxylic acids is 1. The molecule has 1 aliphatic heterocycles. The first-order chi connectivity index (χ1) is 14.1. The number of rotatable bonds is 4. The average molecular weight is 385 g/mol. The van der Waals surface area contributed by atoms with Crippen LogP contribution in [0.4, 0.5) is 0 Å². The molecule has 0 saturated carbocycles. The fraction of sp³-hybridized carbons (Fsp3) is 0.269. The van der Waals surface area contributed by atoms with Crippen molar-refractivity contribution in [3.05, 3.63) is 88.5 Å². The van der Waals surface area contributed by atoms with E-state index in [1.807, 2.05) is 19.1 Å². The van der Waals surface area contributed by atoms with Crippen LogP contribution < -0.4 is 10.6 Å². The predicted octanol–water partition coefficient (Wildman–Crippen LogP) is 5.32. The summed E-state index contributed by atoms with van der Waals surface area (Å²) in [6.07, 6.45) is 3.24. The highest BCUT2D eigenvalue weighted by Gasteiger charge is 2.20. The Labute approximate surface area is 172 Å². The molecule has 4 rings (SSSR count). The van der Waals surface area contributed by atoms with Crippen molar-refractivity contribution in [2.75, 3.05) is 13.1 Å². The topological polar surface area (TPSA) is 41.1 Å². The molecule has 0 unspecified atom stereocenters. The Balaban J connectivity index is 1.65. The number of hydrogen-bond acceptors (Lipinski definition) is 2. The van der Waals surface area contributed by atoms with Crippen molar-refractivity contribution in [1.82, 2.24) is 10.6 Å². The molecule has 2 N–H and O–H groups in total. The molecule has 3 aromatic carbocycles. The fourth-order valence-electron chi connectivity index (χ4n) is 4.39. The summed E-state index contributed by atoms with van der Waals surface area (Å²) in [4.78, 5) is 13.3. The van der Waals surface area contributed by atoms with Gasteiger partial charge < -0.3 is 10.6 Å². The first-order valence-electron chi connectivity index (χ1n) is 10.3. The summed E-state index contributed by atoms with van der Waals surface area (Å²) in [7, 11) is 0. The summed E-state index contributed by atoms with van der Waals surface area (Å²) in [5.74, 6) is -0.00295. The molecule has 0 fully saturated rings. The van der Waals surface area contributed by atoms with E-state index in [1.165, 1.54) is 21.9 Å². The molecule has 1 aliphatic rings. The van der Waals surface area contributed by atoms with Crippen LogP contribution in [0.5, 0.6) is 0 Å². The van der Waals surface area contributed by atoms with Crippen molar-refractivity contribution < 1.29 is 4.79 Å². The summed E-state index contributed by atoms with van der Waals surface area (Å²) < 4.78 is 0. The van der Waals surface area contributed by atoms with Crippen LogP contribution in [-0.2, 0) is 0 Å². The molecule has 1 heterocycles. The van der Waals surface area contributed by atoms with Crippen LogP contribution in [0.1, 0.15) is 52.0 Å². The first-order valence-corrected chi connectivity index (χ1v) is 10.3. The van der Waals surface area contributed by atoms with Crippen molar-refractivity contribution in [1.29, 1.82) is 0 Å². The van der Waals surface area contributed by atoms with E-state index in [1.54, 1.807) is 0 Å². The number of aryl methyl sites for hydroxylation is 1. The molecule has 148 valence electrons. The van der Waals surface area contributed by atoms with Gasteiger partial charge in [-0.3, -0.25) is 4.79 Å². The number of nitrogens with one attached hydrogen (secondary N) is 2. The van der Waals surface area contributed by atoms with Crippen molar-refractivity contribution in [2.45, 2.75) is 33.2 Å². The molecule has 1 amide bonds. The zero-order valence-electron chi connectivity index (χ0n) is 17.4. The van der Waals surface area contributed by atoms with Crippen LogP contribution in [0.15, 0.2) is 60.7 Å². The van der Waals surface area contributed by atoms with Gasteiger partial charge in [-0.15, -0.1) is 0 Å². The van der Waals surface area contributed by atoms with Gasteiger partial charge in [0.25, 0.3) is 5.91 Å². The summed E-state index contributed by atoms with van der Waals surface area (Å²) in [6, 6.07) is 18.7. The van der Waals surface area contributed by atoms with Gasteiger partial charge in [0.2, 0.25) is 0 Å². The SMILES string of the molecule is Cc1ccc(C2=CCNCC2)c(C)c1C(=O)N[C@H](C)c1cccc2ccccc12. The molecular formula is C26H28N2O. The van der Waals surface area contributed by atoms with Crippen molar-refractivity contribution in [3.8, 4) is 0 Å². The molecule has 0 spiro atoms. The standard InChI is InChI=1S/C26H28N2O/c1-17-11-12-22(21-13-15-27-16-14-21)18(2)25(17)26(29)28-19(3)23-10-6-8-20-7-4-5-9-24(20)23/h4-13,19,27H,14-16H2,1-3H3,(H,28,29)/t19-/m1/s1. The lowest BCUT2D eigenvalue weighted by atomic mass is 9.90. The Kier molecular flexibility index (Phi) is 5.50. The third-order valence-electron chi connectivity index (χ3n) is 5.95. The van der Waals surface area contributed by atoms with Gasteiger partial charge in [-0.05, 0) is 72.3 Å². The van der Waals surface area contributed by atoms with Gasteiger partial charge in [0.1, 0.15) is 0 Å². The minimum Gasteiger partial charge on any atom is -0.345 e. The van der Waals surface area contributed by atoms with Gasteiger partial charge >= 0.3 is 0 Å². The molecule has 0 bridgehead atoms. The first kappa shape index (κ1) is 19.4. The van der Waals surface area contributed by atoms with E-state index in [-0.39, 0.29) is 11.9 Å². The van der Waals surface area contributed by atoms with Gasteiger partial charge in [0, 0.05) is 12.1 Å². The Morgan fingerprint density at radius 2 is 1.83 bits per heavy atom. The van der Waals surface area contributed by atoms with Gasteiger partial charge in [-0.1, -0.05) is 60.7 Å². The molecule has 0 aliphatic carbocycles. The molecule has 0 saturated heterocycles. The molecule has 1 atom stereocenters. The monoisotopic (exact) mass is 384 g/mol. The van der Waals surface area contributed by atoms with E-state index in [2.05, 4.69) is 73.0 Å². The van der Waals surface area contributed by atoms with Crippen molar-refractivity contribution in [2.24, 2.45) is 0 Å². The van der Waals surface area contributed by atoms with E-state index in [9.17, 15) is 4.79 Å². The molecule has 3 heteroatoms.